The van der Waals surface area contributed by atoms with Crippen molar-refractivity contribution >= 4 is 34.3 Å². The normalized spacial score (nSPS) is 10.9. The molecule has 0 saturated heterocycles. The number of nitrogens with one attached hydrogen (secondary N) is 2. The number of aryl methyl sites for hydroxylation is 1. The maximum atomic E-state index is 12.5. The van der Waals surface area contributed by atoms with Crippen LogP contribution in [-0.4, -0.2) is 15.9 Å². The van der Waals surface area contributed by atoms with Crippen molar-refractivity contribution < 1.29 is 4.79 Å². The van der Waals surface area contributed by atoms with Crippen LogP contribution in [0.1, 0.15) is 16.8 Å². The van der Waals surface area contributed by atoms with Gasteiger partial charge in [-0.1, -0.05) is 24.3 Å². The number of H-pyrrole nitrogens is 1. The number of hydrogen-bond donors (Lipinski definition) is 2. The van der Waals surface area contributed by atoms with E-state index in [-0.39, 0.29) is 5.91 Å². The maximum Gasteiger partial charge on any atom is 0.228 e. The highest BCUT2D eigenvalue weighted by Crippen LogP contribution is 2.25. The van der Waals surface area contributed by atoms with Crippen LogP contribution in [0.25, 0.3) is 10.9 Å². The summed E-state index contributed by atoms with van der Waals surface area (Å²) in [7, 11) is 0. The van der Waals surface area contributed by atoms with Gasteiger partial charge in [-0.25, -0.2) is 0 Å². The van der Waals surface area contributed by atoms with Crippen molar-refractivity contribution in [2.24, 2.45) is 0 Å². The summed E-state index contributed by atoms with van der Waals surface area (Å²) in [5.74, 6) is 0.864. The molecule has 2 heterocycles. The second kappa shape index (κ2) is 8.31. The van der Waals surface area contributed by atoms with Gasteiger partial charge >= 0.3 is 0 Å². The van der Waals surface area contributed by atoms with Crippen LogP contribution in [0.5, 0.6) is 0 Å². The number of carbonyl (C=O) groups excluding carboxylic acids is 1. The lowest BCUT2D eigenvalue weighted by molar-refractivity contribution is -0.115. The summed E-state index contributed by atoms with van der Waals surface area (Å²) in [6.45, 7) is 2.01. The van der Waals surface area contributed by atoms with Crippen LogP contribution in [0.4, 0.5) is 5.69 Å². The minimum Gasteiger partial charge on any atom is -0.358 e. The number of amides is 1. The summed E-state index contributed by atoms with van der Waals surface area (Å²) >= 11 is 1.75. The molecular weight excluding hydrogens is 366 g/mol. The summed E-state index contributed by atoms with van der Waals surface area (Å²) in [5, 5.41) is 4.11. The molecule has 0 aliphatic rings. The van der Waals surface area contributed by atoms with E-state index in [2.05, 4.69) is 27.4 Å². The molecule has 2 aromatic heterocycles. The zero-order valence-corrected chi connectivity index (χ0v) is 16.4. The summed E-state index contributed by atoms with van der Waals surface area (Å²) in [6.07, 6.45) is 4.02. The third kappa shape index (κ3) is 4.26. The number of aromatic nitrogens is 2. The Balaban J connectivity index is 1.37. The molecule has 2 N–H and O–H groups in total. The molecule has 1 amide bonds. The van der Waals surface area contributed by atoms with E-state index in [1.54, 1.807) is 18.0 Å². The summed E-state index contributed by atoms with van der Waals surface area (Å²) in [5.41, 5.74) is 5.17. The van der Waals surface area contributed by atoms with Gasteiger partial charge in [0.1, 0.15) is 0 Å². The van der Waals surface area contributed by atoms with E-state index in [0.29, 0.717) is 6.42 Å². The Hall–Kier alpha value is -3.05. The van der Waals surface area contributed by atoms with E-state index in [4.69, 9.17) is 0 Å². The zero-order chi connectivity index (χ0) is 19.3. The van der Waals surface area contributed by atoms with Gasteiger partial charge in [-0.2, -0.15) is 0 Å². The van der Waals surface area contributed by atoms with Crippen LogP contribution in [0.2, 0.25) is 0 Å². The molecular formula is C23H21N3OS. The Bertz CT molecular complexity index is 1090. The van der Waals surface area contributed by atoms with Gasteiger partial charge in [-0.3, -0.25) is 9.78 Å². The van der Waals surface area contributed by atoms with Gasteiger partial charge in [0, 0.05) is 45.3 Å². The van der Waals surface area contributed by atoms with Gasteiger partial charge in [0.15, 0.2) is 0 Å². The number of hydrogen-bond acceptors (Lipinski definition) is 3. The molecule has 4 nitrogen and oxygen atoms in total. The number of para-hydroxylation sites is 1. The molecule has 28 heavy (non-hydrogen) atoms. The number of fused-ring (bicyclic) bond motifs is 1. The predicted octanol–water partition coefficient (Wildman–Crippen LogP) is 5.34. The van der Waals surface area contributed by atoms with Crippen LogP contribution < -0.4 is 5.32 Å². The number of pyridine rings is 1. The van der Waals surface area contributed by atoms with Crippen LogP contribution in [0.15, 0.2) is 78.0 Å². The minimum absolute atomic E-state index is 0.0105. The second-order valence-corrected chi connectivity index (χ2v) is 7.72. The van der Waals surface area contributed by atoms with Gasteiger partial charge in [-0.05, 0) is 54.4 Å². The van der Waals surface area contributed by atoms with Crippen molar-refractivity contribution in [3.8, 4) is 0 Å². The standard InChI is InChI=1S/C23H21N3OS/c1-16-21(20-6-2-3-7-22(20)25-16)13-23(27)26-18-8-10-19(11-9-18)28-15-17-5-4-12-24-14-17/h2-12,14,25H,13,15H2,1H3,(H,26,27). The Labute approximate surface area is 168 Å². The lowest BCUT2D eigenvalue weighted by Crippen LogP contribution is -2.14. The number of benzene rings is 2. The highest BCUT2D eigenvalue weighted by Gasteiger charge is 2.12. The molecule has 5 heteroatoms. The molecule has 140 valence electrons. The van der Waals surface area contributed by atoms with Crippen LogP contribution in [0.3, 0.4) is 0 Å². The van der Waals surface area contributed by atoms with Crippen LogP contribution in [0, 0.1) is 6.92 Å². The second-order valence-electron chi connectivity index (χ2n) is 6.67. The highest BCUT2D eigenvalue weighted by atomic mass is 32.2. The Morgan fingerprint density at radius 2 is 1.89 bits per heavy atom. The van der Waals surface area contributed by atoms with Crippen molar-refractivity contribution in [3.63, 3.8) is 0 Å². The largest absolute Gasteiger partial charge is 0.358 e. The van der Waals surface area contributed by atoms with Crippen molar-refractivity contribution in [3.05, 3.63) is 89.9 Å². The van der Waals surface area contributed by atoms with E-state index in [1.807, 2.05) is 61.7 Å². The van der Waals surface area contributed by atoms with Crippen molar-refractivity contribution in [1.29, 1.82) is 0 Å². The minimum atomic E-state index is -0.0105. The molecule has 4 aromatic rings. The van der Waals surface area contributed by atoms with E-state index in [9.17, 15) is 4.79 Å². The maximum absolute atomic E-state index is 12.5. The summed E-state index contributed by atoms with van der Waals surface area (Å²) in [4.78, 5) is 21.2. The van der Waals surface area contributed by atoms with E-state index >= 15 is 0 Å². The molecule has 0 aliphatic carbocycles. The highest BCUT2D eigenvalue weighted by molar-refractivity contribution is 7.98. The molecule has 0 spiro atoms. The van der Waals surface area contributed by atoms with E-state index in [1.165, 1.54) is 5.56 Å². The zero-order valence-electron chi connectivity index (χ0n) is 15.6. The lowest BCUT2D eigenvalue weighted by atomic mass is 10.1. The average molecular weight is 388 g/mol. The third-order valence-electron chi connectivity index (χ3n) is 4.63. The van der Waals surface area contributed by atoms with Crippen LogP contribution >= 0.6 is 11.8 Å². The summed E-state index contributed by atoms with van der Waals surface area (Å²) in [6, 6.07) is 20.1. The molecule has 0 fully saturated rings. The SMILES string of the molecule is Cc1[nH]c2ccccc2c1CC(=O)Nc1ccc(SCc2cccnc2)cc1. The number of nitrogens with zero attached hydrogens (tertiary/aromatic N) is 1. The topological polar surface area (TPSA) is 57.8 Å². The van der Waals surface area contributed by atoms with Crippen LogP contribution in [-0.2, 0) is 17.0 Å². The summed E-state index contributed by atoms with van der Waals surface area (Å²) < 4.78 is 0. The first kappa shape index (κ1) is 18.3. The third-order valence-corrected chi connectivity index (χ3v) is 5.71. The average Bonchev–Trinajstić information content (AvgIpc) is 3.03. The number of thioether (sulfide) groups is 1. The van der Waals surface area contributed by atoms with Crippen molar-refractivity contribution in [2.45, 2.75) is 24.0 Å². The number of anilines is 1. The van der Waals surface area contributed by atoms with Crippen molar-refractivity contribution in [2.75, 3.05) is 5.32 Å². The number of aromatic amines is 1. The lowest BCUT2D eigenvalue weighted by Gasteiger charge is -2.07. The first-order valence-corrected chi connectivity index (χ1v) is 10.2. The molecule has 0 bridgehead atoms. The molecule has 2 aromatic carbocycles. The first-order chi connectivity index (χ1) is 13.7. The van der Waals surface area contributed by atoms with Gasteiger partial charge in [-0.15, -0.1) is 11.8 Å². The monoisotopic (exact) mass is 387 g/mol. The molecule has 0 atom stereocenters. The van der Waals surface area contributed by atoms with E-state index < -0.39 is 0 Å². The van der Waals surface area contributed by atoms with Gasteiger partial charge in [0.05, 0.1) is 6.42 Å². The molecule has 0 unspecified atom stereocenters. The smallest absolute Gasteiger partial charge is 0.228 e. The Morgan fingerprint density at radius 3 is 2.68 bits per heavy atom. The number of rotatable bonds is 6. The predicted molar refractivity (Wildman–Crippen MR) is 116 cm³/mol. The quantitative estimate of drug-likeness (QED) is 0.439. The fourth-order valence-corrected chi connectivity index (χ4v) is 4.05. The first-order valence-electron chi connectivity index (χ1n) is 9.17. The molecule has 0 radical (unpaired) electrons. The van der Waals surface area contributed by atoms with Gasteiger partial charge in [0.2, 0.25) is 5.91 Å². The number of carbonyl (C=O) groups is 1. The molecule has 0 saturated carbocycles. The fraction of sp³-hybridized carbons (Fsp3) is 0.130. The Morgan fingerprint density at radius 1 is 1.07 bits per heavy atom. The Kier molecular flexibility index (Phi) is 5.44. The molecule has 0 aliphatic heterocycles. The van der Waals surface area contributed by atoms with Crippen molar-refractivity contribution in [1.82, 2.24) is 9.97 Å². The fourth-order valence-electron chi connectivity index (χ4n) is 3.21. The van der Waals surface area contributed by atoms with Gasteiger partial charge < -0.3 is 10.3 Å². The van der Waals surface area contributed by atoms with Gasteiger partial charge in [0.25, 0.3) is 0 Å². The molecule has 4 rings (SSSR count). The van der Waals surface area contributed by atoms with E-state index in [0.717, 1.165) is 38.5 Å².